The van der Waals surface area contributed by atoms with E-state index < -0.39 is 4.92 Å². The molecule has 1 aromatic rings. The molecule has 2 N–H and O–H groups in total. The molecule has 1 aromatic heterocycles. The van der Waals surface area contributed by atoms with Crippen molar-refractivity contribution in [3.8, 4) is 12.3 Å². The van der Waals surface area contributed by atoms with Gasteiger partial charge >= 0.3 is 0 Å². The zero-order valence-corrected chi connectivity index (χ0v) is 14.2. The highest BCUT2D eigenvalue weighted by atomic mass is 32.2. The van der Waals surface area contributed by atoms with Gasteiger partial charge in [-0.1, -0.05) is 5.92 Å². The smallest absolute Gasteiger partial charge is 0.274 e. The van der Waals surface area contributed by atoms with E-state index in [0.29, 0.717) is 18.9 Å². The molecule has 0 spiro atoms. The molecular weight excluding hydrogens is 322 g/mol. The third-order valence-corrected chi connectivity index (χ3v) is 4.51. The van der Waals surface area contributed by atoms with Crippen molar-refractivity contribution in [1.82, 2.24) is 15.6 Å². The van der Waals surface area contributed by atoms with E-state index in [-0.39, 0.29) is 0 Å². The number of nitrogens with one attached hydrogen (secondary N) is 2. The Morgan fingerprint density at radius 2 is 2.50 bits per heavy atom. The van der Waals surface area contributed by atoms with Crippen molar-refractivity contribution >= 4 is 28.2 Å². The molecule has 0 unspecified atom stereocenters. The lowest BCUT2D eigenvalue weighted by atomic mass is 10.6. The maximum absolute atomic E-state index is 10.4. The molecule has 1 rings (SSSR count). The highest BCUT2D eigenvalue weighted by Crippen LogP contribution is 2.21. The molecule has 0 atom stereocenters. The topological polar surface area (TPSA) is 83.3 Å². The lowest BCUT2D eigenvalue weighted by Crippen LogP contribution is -2.26. The van der Waals surface area contributed by atoms with Crippen LogP contribution in [0.3, 0.4) is 0 Å². The fourth-order valence-electron chi connectivity index (χ4n) is 1.48. The van der Waals surface area contributed by atoms with E-state index >= 15 is 0 Å². The number of terminal acetylenes is 1. The van der Waals surface area contributed by atoms with Gasteiger partial charge in [-0.05, 0) is 0 Å². The Morgan fingerprint density at radius 1 is 1.73 bits per heavy atom. The second-order valence-corrected chi connectivity index (χ2v) is 6.18. The predicted octanol–water partition coefficient (Wildman–Crippen LogP) is 1.33. The number of hydrogen-bond acceptors (Lipinski definition) is 8. The van der Waals surface area contributed by atoms with E-state index in [2.05, 4.69) is 21.5 Å². The van der Waals surface area contributed by atoms with Crippen LogP contribution in [-0.4, -0.2) is 42.8 Å². The molecule has 1 heterocycles. The highest BCUT2D eigenvalue weighted by Gasteiger charge is 2.06. The fraction of sp³-hybridized carbons (Fsp3) is 0.462. The largest absolute Gasteiger partial charge is 0.370 e. The second kappa shape index (κ2) is 9.92. The van der Waals surface area contributed by atoms with Crippen molar-refractivity contribution in [2.45, 2.75) is 5.75 Å². The number of thiazole rings is 1. The number of thioether (sulfide) groups is 1. The normalized spacial score (nSPS) is 10.9. The van der Waals surface area contributed by atoms with E-state index in [1.54, 1.807) is 30.1 Å². The first-order valence-corrected chi connectivity index (χ1v) is 8.54. The quantitative estimate of drug-likeness (QED) is 0.287. The standard InChI is InChI=1S/C13H19N5O2S2/c1-4-6-17(3)13-16-11(10-22-13)9-21-7-5-15-12(14-2)8-18(19)20/h1,8,10,14-15H,5-7,9H2,2-3H3/b12-8+. The number of nitro groups is 1. The SMILES string of the molecule is C#CCN(C)c1nc(CSCCN/C(=C/[N+](=O)[O-])NC)cs1. The molecular formula is C13H19N5O2S2. The summed E-state index contributed by atoms with van der Waals surface area (Å²) in [6.07, 6.45) is 6.19. The van der Waals surface area contributed by atoms with Crippen molar-refractivity contribution < 1.29 is 4.92 Å². The Hall–Kier alpha value is -1.92. The summed E-state index contributed by atoms with van der Waals surface area (Å²) in [4.78, 5) is 16.3. The molecule has 0 aliphatic rings. The molecule has 0 bridgehead atoms. The van der Waals surface area contributed by atoms with Gasteiger partial charge in [-0.25, -0.2) is 4.98 Å². The van der Waals surface area contributed by atoms with Crippen molar-refractivity contribution in [3.63, 3.8) is 0 Å². The summed E-state index contributed by atoms with van der Waals surface area (Å²) in [5.74, 6) is 4.61. The molecule has 7 nitrogen and oxygen atoms in total. The summed E-state index contributed by atoms with van der Waals surface area (Å²) in [7, 11) is 3.56. The molecule has 9 heteroatoms. The number of nitrogens with zero attached hydrogens (tertiary/aromatic N) is 3. The van der Waals surface area contributed by atoms with Gasteiger partial charge in [0.05, 0.1) is 17.2 Å². The number of rotatable bonds is 10. The van der Waals surface area contributed by atoms with Crippen molar-refractivity contribution in [2.24, 2.45) is 0 Å². The minimum atomic E-state index is -0.491. The number of aromatic nitrogens is 1. The van der Waals surface area contributed by atoms with Crippen molar-refractivity contribution in [1.29, 1.82) is 0 Å². The predicted molar refractivity (Wildman–Crippen MR) is 92.5 cm³/mol. The molecule has 0 saturated carbocycles. The third kappa shape index (κ3) is 6.69. The maximum Gasteiger partial charge on any atom is 0.274 e. The van der Waals surface area contributed by atoms with Gasteiger partial charge in [-0.2, -0.15) is 11.8 Å². The highest BCUT2D eigenvalue weighted by molar-refractivity contribution is 7.98. The average Bonchev–Trinajstić information content (AvgIpc) is 2.94. The first kappa shape index (κ1) is 18.1. The molecule has 120 valence electrons. The zero-order valence-electron chi connectivity index (χ0n) is 12.5. The number of anilines is 1. The fourth-order valence-corrected chi connectivity index (χ4v) is 3.13. The molecule has 0 fully saturated rings. The van der Waals surface area contributed by atoms with Crippen LogP contribution in [0.15, 0.2) is 17.4 Å². The lowest BCUT2D eigenvalue weighted by Gasteiger charge is -2.10. The summed E-state index contributed by atoms with van der Waals surface area (Å²) in [5.41, 5.74) is 1.02. The molecule has 0 aromatic carbocycles. The Kier molecular flexibility index (Phi) is 8.17. The molecule has 22 heavy (non-hydrogen) atoms. The van der Waals surface area contributed by atoms with Crippen LogP contribution < -0.4 is 15.5 Å². The van der Waals surface area contributed by atoms with Crippen LogP contribution in [0.2, 0.25) is 0 Å². The average molecular weight is 341 g/mol. The molecule has 0 amide bonds. The third-order valence-electron chi connectivity index (χ3n) is 2.51. The van der Waals surface area contributed by atoms with Crippen molar-refractivity contribution in [2.75, 3.05) is 37.8 Å². The summed E-state index contributed by atoms with van der Waals surface area (Å²) in [6.45, 7) is 1.18. The van der Waals surface area contributed by atoms with Gasteiger partial charge < -0.3 is 15.5 Å². The molecule has 0 aliphatic carbocycles. The summed E-state index contributed by atoms with van der Waals surface area (Å²) in [6, 6.07) is 0. The van der Waals surface area contributed by atoms with Gasteiger partial charge in [0, 0.05) is 37.5 Å². The van der Waals surface area contributed by atoms with Crippen LogP contribution in [0.4, 0.5) is 5.13 Å². The molecule has 0 aliphatic heterocycles. The number of hydrogen-bond donors (Lipinski definition) is 2. The van der Waals surface area contributed by atoms with Crippen LogP contribution in [0.5, 0.6) is 0 Å². The second-order valence-electron chi connectivity index (χ2n) is 4.24. The van der Waals surface area contributed by atoms with E-state index in [4.69, 9.17) is 6.42 Å². The Labute approximate surface area is 138 Å². The van der Waals surface area contributed by atoms with Gasteiger partial charge in [0.2, 0.25) is 0 Å². The van der Waals surface area contributed by atoms with Crippen LogP contribution >= 0.6 is 23.1 Å². The monoisotopic (exact) mass is 341 g/mol. The van der Waals surface area contributed by atoms with Gasteiger partial charge in [0.15, 0.2) is 11.0 Å². The van der Waals surface area contributed by atoms with Gasteiger partial charge in [-0.15, -0.1) is 17.8 Å². The van der Waals surface area contributed by atoms with Crippen molar-refractivity contribution in [3.05, 3.63) is 33.2 Å². The van der Waals surface area contributed by atoms with E-state index in [0.717, 1.165) is 28.5 Å². The summed E-state index contributed by atoms with van der Waals surface area (Å²) in [5, 5.41) is 19.0. The maximum atomic E-state index is 10.4. The lowest BCUT2D eigenvalue weighted by molar-refractivity contribution is -0.404. The van der Waals surface area contributed by atoms with Crippen LogP contribution in [-0.2, 0) is 5.75 Å². The first-order valence-electron chi connectivity index (χ1n) is 6.50. The van der Waals surface area contributed by atoms with Gasteiger partial charge in [-0.3, -0.25) is 10.1 Å². The Bertz CT molecular complexity index is 553. The van der Waals surface area contributed by atoms with Gasteiger partial charge in [0.25, 0.3) is 6.20 Å². The van der Waals surface area contributed by atoms with Crippen LogP contribution in [0.25, 0.3) is 0 Å². The van der Waals surface area contributed by atoms with Crippen LogP contribution in [0, 0.1) is 22.5 Å². The van der Waals surface area contributed by atoms with Crippen LogP contribution in [0.1, 0.15) is 5.69 Å². The molecule has 0 radical (unpaired) electrons. The van der Waals surface area contributed by atoms with E-state index in [1.807, 2.05) is 17.3 Å². The van der Waals surface area contributed by atoms with Gasteiger partial charge in [0.1, 0.15) is 0 Å². The minimum Gasteiger partial charge on any atom is -0.370 e. The Balaban J connectivity index is 2.28. The first-order chi connectivity index (χ1) is 10.6. The summed E-state index contributed by atoms with van der Waals surface area (Å²) >= 11 is 3.29. The van der Waals surface area contributed by atoms with E-state index in [1.165, 1.54) is 0 Å². The summed E-state index contributed by atoms with van der Waals surface area (Å²) < 4.78 is 0. The minimum absolute atomic E-state index is 0.400. The molecule has 0 saturated heterocycles. The van der Waals surface area contributed by atoms with E-state index in [9.17, 15) is 10.1 Å². The Morgan fingerprint density at radius 3 is 3.14 bits per heavy atom. The zero-order chi connectivity index (χ0) is 16.4.